The topological polar surface area (TPSA) is 17.1 Å². The van der Waals surface area contributed by atoms with E-state index in [4.69, 9.17) is 0 Å². The van der Waals surface area contributed by atoms with Gasteiger partial charge in [-0.05, 0) is 24.7 Å². The van der Waals surface area contributed by atoms with Gasteiger partial charge in [-0.25, -0.2) is 0 Å². The molecule has 0 aliphatic rings. The highest BCUT2D eigenvalue weighted by Gasteiger charge is 2.06. The Hall–Kier alpha value is -0.330. The van der Waals surface area contributed by atoms with Crippen LogP contribution in [0.2, 0.25) is 0 Å². The quantitative estimate of drug-likeness (QED) is 0.423. The van der Waals surface area contributed by atoms with Crippen LogP contribution in [0.5, 0.6) is 0 Å². The molecule has 0 fully saturated rings. The molecule has 0 aromatic heterocycles. The van der Waals surface area contributed by atoms with Gasteiger partial charge in [0.1, 0.15) is 0 Å². The van der Waals surface area contributed by atoms with Crippen molar-refractivity contribution < 1.29 is 4.79 Å². The van der Waals surface area contributed by atoms with E-state index in [0.717, 1.165) is 18.3 Å². The number of unbranched alkanes of at least 4 members (excludes halogenated alkanes) is 6. The Kier molecular flexibility index (Phi) is 11.9. The highest BCUT2D eigenvalue weighted by molar-refractivity contribution is 5.50. The van der Waals surface area contributed by atoms with Crippen LogP contribution in [0.25, 0.3) is 0 Å². The SMILES string of the molecule is CCC(C)CC(C)CCCCCCCC[C]=O. The van der Waals surface area contributed by atoms with E-state index >= 15 is 0 Å². The van der Waals surface area contributed by atoms with Crippen LogP contribution in [-0.4, -0.2) is 6.29 Å². The summed E-state index contributed by atoms with van der Waals surface area (Å²) in [7, 11) is 0. The smallest absolute Gasteiger partial charge is 0.198 e. The van der Waals surface area contributed by atoms with Gasteiger partial charge in [0.25, 0.3) is 0 Å². The molecule has 0 bridgehead atoms. The molecule has 1 heteroatoms. The molecule has 0 saturated heterocycles. The fourth-order valence-electron chi connectivity index (χ4n) is 2.37. The molecule has 1 nitrogen and oxygen atoms in total. The zero-order valence-electron chi connectivity index (χ0n) is 12.1. The Morgan fingerprint density at radius 3 is 2.06 bits per heavy atom. The van der Waals surface area contributed by atoms with E-state index in [1.165, 1.54) is 51.4 Å². The maximum Gasteiger partial charge on any atom is 0.198 e. The zero-order chi connectivity index (χ0) is 12.9. The minimum atomic E-state index is 0.631. The summed E-state index contributed by atoms with van der Waals surface area (Å²) in [6.07, 6.45) is 14.3. The monoisotopic (exact) mass is 239 g/mol. The summed E-state index contributed by atoms with van der Waals surface area (Å²) in [4.78, 5) is 10.0. The third kappa shape index (κ3) is 11.9. The minimum absolute atomic E-state index is 0.631. The molecule has 17 heavy (non-hydrogen) atoms. The van der Waals surface area contributed by atoms with E-state index in [0.29, 0.717) is 6.42 Å². The van der Waals surface area contributed by atoms with Gasteiger partial charge < -0.3 is 0 Å². The van der Waals surface area contributed by atoms with Gasteiger partial charge in [-0.1, -0.05) is 65.7 Å². The second kappa shape index (κ2) is 12.1. The first-order valence-corrected chi connectivity index (χ1v) is 7.55. The number of hydrogen-bond donors (Lipinski definition) is 0. The molecule has 0 aliphatic heterocycles. The minimum Gasteiger partial charge on any atom is -0.291 e. The Morgan fingerprint density at radius 1 is 0.882 bits per heavy atom. The van der Waals surface area contributed by atoms with Crippen LogP contribution in [0, 0.1) is 11.8 Å². The summed E-state index contributed by atoms with van der Waals surface area (Å²) in [5.41, 5.74) is 0. The molecule has 0 saturated carbocycles. The average Bonchev–Trinajstić information content (AvgIpc) is 2.32. The second-order valence-corrected chi connectivity index (χ2v) is 5.66. The maximum absolute atomic E-state index is 10.0. The van der Waals surface area contributed by atoms with Gasteiger partial charge in [-0.15, -0.1) is 0 Å². The van der Waals surface area contributed by atoms with Gasteiger partial charge in [-0.3, -0.25) is 4.79 Å². The van der Waals surface area contributed by atoms with E-state index in [2.05, 4.69) is 20.8 Å². The molecule has 0 spiro atoms. The van der Waals surface area contributed by atoms with Crippen molar-refractivity contribution >= 4 is 6.29 Å². The summed E-state index contributed by atoms with van der Waals surface area (Å²) in [6.45, 7) is 7.04. The predicted molar refractivity (Wildman–Crippen MR) is 75.9 cm³/mol. The van der Waals surface area contributed by atoms with Crippen LogP contribution in [0.15, 0.2) is 0 Å². The predicted octanol–water partition coefficient (Wildman–Crippen LogP) is 5.29. The Balaban J connectivity index is 3.18. The van der Waals surface area contributed by atoms with Gasteiger partial charge in [0.15, 0.2) is 6.29 Å². The lowest BCUT2D eigenvalue weighted by atomic mass is 9.91. The molecular weight excluding hydrogens is 208 g/mol. The van der Waals surface area contributed by atoms with Crippen molar-refractivity contribution in [2.75, 3.05) is 0 Å². The first-order chi connectivity index (χ1) is 8.20. The molecule has 0 rings (SSSR count). The third-order valence-electron chi connectivity index (χ3n) is 3.73. The van der Waals surface area contributed by atoms with Crippen LogP contribution in [0.3, 0.4) is 0 Å². The summed E-state index contributed by atoms with van der Waals surface area (Å²) < 4.78 is 0. The maximum atomic E-state index is 10.0. The van der Waals surface area contributed by atoms with Crippen LogP contribution in [0.4, 0.5) is 0 Å². The molecule has 0 N–H and O–H groups in total. The van der Waals surface area contributed by atoms with E-state index in [-0.39, 0.29) is 0 Å². The lowest BCUT2D eigenvalue weighted by Gasteiger charge is -2.15. The summed E-state index contributed by atoms with van der Waals surface area (Å²) in [6, 6.07) is 0. The standard InChI is InChI=1S/C16H31O/c1-4-15(2)14-16(3)12-10-8-6-5-7-9-11-13-17/h15-16H,4-12,14H2,1-3H3. The molecule has 2 unspecified atom stereocenters. The van der Waals surface area contributed by atoms with E-state index in [1.54, 1.807) is 0 Å². The summed E-state index contributed by atoms with van der Waals surface area (Å²) >= 11 is 0. The van der Waals surface area contributed by atoms with Crippen molar-refractivity contribution in [3.8, 4) is 0 Å². The Labute approximate surface area is 108 Å². The van der Waals surface area contributed by atoms with Gasteiger partial charge in [0, 0.05) is 6.42 Å². The van der Waals surface area contributed by atoms with Crippen LogP contribution in [-0.2, 0) is 4.79 Å². The van der Waals surface area contributed by atoms with Gasteiger partial charge in [0.2, 0.25) is 0 Å². The van der Waals surface area contributed by atoms with Crippen LogP contribution < -0.4 is 0 Å². The van der Waals surface area contributed by atoms with Gasteiger partial charge in [-0.2, -0.15) is 0 Å². The highest BCUT2D eigenvalue weighted by atomic mass is 16.1. The van der Waals surface area contributed by atoms with Gasteiger partial charge in [0.05, 0.1) is 0 Å². The number of carbonyl (C=O) groups excluding carboxylic acids is 1. The normalized spacial score (nSPS) is 14.5. The highest BCUT2D eigenvalue weighted by Crippen LogP contribution is 2.20. The molecule has 0 aromatic carbocycles. The molecule has 0 aromatic rings. The number of rotatable bonds is 12. The van der Waals surface area contributed by atoms with E-state index < -0.39 is 0 Å². The van der Waals surface area contributed by atoms with E-state index in [9.17, 15) is 4.79 Å². The van der Waals surface area contributed by atoms with Crippen molar-refractivity contribution in [3.05, 3.63) is 0 Å². The van der Waals surface area contributed by atoms with Crippen molar-refractivity contribution in [3.63, 3.8) is 0 Å². The Bertz CT molecular complexity index is 165. The second-order valence-electron chi connectivity index (χ2n) is 5.66. The molecule has 0 heterocycles. The lowest BCUT2D eigenvalue weighted by Crippen LogP contribution is -2.02. The molecular formula is C16H31O. The summed E-state index contributed by atoms with van der Waals surface area (Å²) in [5.74, 6) is 1.79. The van der Waals surface area contributed by atoms with Crippen molar-refractivity contribution in [1.82, 2.24) is 0 Å². The summed E-state index contributed by atoms with van der Waals surface area (Å²) in [5, 5.41) is 0. The largest absolute Gasteiger partial charge is 0.291 e. The average molecular weight is 239 g/mol. The molecule has 0 amide bonds. The molecule has 2 atom stereocenters. The molecule has 101 valence electrons. The van der Waals surface area contributed by atoms with Crippen LogP contribution in [0.1, 0.15) is 85.0 Å². The Morgan fingerprint density at radius 2 is 1.47 bits per heavy atom. The number of hydrogen-bond acceptors (Lipinski definition) is 1. The molecule has 1 radical (unpaired) electrons. The lowest BCUT2D eigenvalue weighted by molar-refractivity contribution is 0.374. The van der Waals surface area contributed by atoms with E-state index in [1.807, 2.05) is 6.29 Å². The van der Waals surface area contributed by atoms with Gasteiger partial charge >= 0.3 is 0 Å². The fraction of sp³-hybridized carbons (Fsp3) is 0.938. The third-order valence-corrected chi connectivity index (χ3v) is 3.73. The zero-order valence-corrected chi connectivity index (χ0v) is 12.1. The van der Waals surface area contributed by atoms with Crippen molar-refractivity contribution in [2.45, 2.75) is 85.0 Å². The van der Waals surface area contributed by atoms with Crippen LogP contribution >= 0.6 is 0 Å². The first-order valence-electron chi connectivity index (χ1n) is 7.55. The first kappa shape index (κ1) is 16.7. The van der Waals surface area contributed by atoms with Crippen molar-refractivity contribution in [2.24, 2.45) is 11.8 Å². The fourth-order valence-corrected chi connectivity index (χ4v) is 2.37. The van der Waals surface area contributed by atoms with Crippen molar-refractivity contribution in [1.29, 1.82) is 0 Å². The molecule has 0 aliphatic carbocycles.